The number of amides is 1. The fourth-order valence-electron chi connectivity index (χ4n) is 3.08. The van der Waals surface area contributed by atoms with E-state index in [0.29, 0.717) is 24.2 Å². The summed E-state index contributed by atoms with van der Waals surface area (Å²) in [7, 11) is -3.70. The van der Waals surface area contributed by atoms with Crippen LogP contribution in [0.25, 0.3) is 0 Å². The molecule has 7 heteroatoms. The maximum atomic E-state index is 14.1. The molecule has 0 saturated carbocycles. The van der Waals surface area contributed by atoms with Gasteiger partial charge in [0.25, 0.3) is 5.91 Å². The van der Waals surface area contributed by atoms with Crippen molar-refractivity contribution in [2.45, 2.75) is 32.2 Å². The second kappa shape index (κ2) is 9.80. The minimum Gasteiger partial charge on any atom is -0.330 e. The predicted molar refractivity (Wildman–Crippen MR) is 113 cm³/mol. The third-order valence-electron chi connectivity index (χ3n) is 4.74. The van der Waals surface area contributed by atoms with Gasteiger partial charge in [0.15, 0.2) is 0 Å². The van der Waals surface area contributed by atoms with E-state index in [1.807, 2.05) is 0 Å². The van der Waals surface area contributed by atoms with Crippen LogP contribution in [0.2, 0.25) is 0 Å². The van der Waals surface area contributed by atoms with E-state index in [9.17, 15) is 17.6 Å². The van der Waals surface area contributed by atoms with Crippen LogP contribution in [0.15, 0.2) is 60.0 Å². The second-order valence-electron chi connectivity index (χ2n) is 6.63. The molecule has 0 unspecified atom stereocenters. The SMILES string of the molecule is C=CCN(Cc1ccccc1F)C(=O)c1cc(S(=O)(=O)N(CC)CC)ccc1C. The molecular weight excluding hydrogens is 391 g/mol. The van der Waals surface area contributed by atoms with Crippen molar-refractivity contribution in [2.24, 2.45) is 0 Å². The number of hydrogen-bond acceptors (Lipinski definition) is 3. The molecule has 0 saturated heterocycles. The highest BCUT2D eigenvalue weighted by Gasteiger charge is 2.25. The van der Waals surface area contributed by atoms with E-state index in [0.717, 1.165) is 0 Å². The first-order chi connectivity index (χ1) is 13.8. The number of carbonyl (C=O) groups is 1. The van der Waals surface area contributed by atoms with Gasteiger partial charge in [-0.1, -0.05) is 44.2 Å². The first-order valence-corrected chi connectivity index (χ1v) is 10.9. The lowest BCUT2D eigenvalue weighted by Gasteiger charge is -2.24. The molecule has 156 valence electrons. The van der Waals surface area contributed by atoms with Gasteiger partial charge in [0.05, 0.1) is 4.90 Å². The largest absolute Gasteiger partial charge is 0.330 e. The van der Waals surface area contributed by atoms with Crippen molar-refractivity contribution in [3.8, 4) is 0 Å². The number of nitrogens with zero attached hydrogens (tertiary/aromatic N) is 2. The molecule has 0 aliphatic heterocycles. The van der Waals surface area contributed by atoms with Gasteiger partial charge in [-0.3, -0.25) is 4.79 Å². The molecule has 0 fully saturated rings. The molecule has 0 heterocycles. The van der Waals surface area contributed by atoms with Gasteiger partial charge in [0.1, 0.15) is 5.82 Å². The van der Waals surface area contributed by atoms with Crippen molar-refractivity contribution in [3.05, 3.63) is 77.6 Å². The Balaban J connectivity index is 2.44. The van der Waals surface area contributed by atoms with Crippen LogP contribution in [-0.2, 0) is 16.6 Å². The molecule has 0 bridgehead atoms. The average molecular weight is 419 g/mol. The zero-order valence-corrected chi connectivity index (χ0v) is 17.9. The standard InChI is InChI=1S/C22H27FN2O3S/c1-5-14-24(16-18-10-8-9-11-21(18)23)22(26)20-15-19(13-12-17(20)4)29(27,28)25(6-2)7-3/h5,8-13,15H,1,6-7,14,16H2,2-4H3. The van der Waals surface area contributed by atoms with E-state index in [-0.39, 0.29) is 29.5 Å². The van der Waals surface area contributed by atoms with Crippen LogP contribution in [-0.4, -0.2) is 43.2 Å². The maximum absolute atomic E-state index is 14.1. The lowest BCUT2D eigenvalue weighted by Crippen LogP contribution is -2.33. The summed E-state index contributed by atoms with van der Waals surface area (Å²) < 4.78 is 41.1. The average Bonchev–Trinajstić information content (AvgIpc) is 2.69. The maximum Gasteiger partial charge on any atom is 0.254 e. The Bertz CT molecular complexity index is 985. The summed E-state index contributed by atoms with van der Waals surface area (Å²) >= 11 is 0. The van der Waals surface area contributed by atoms with Gasteiger partial charge in [-0.2, -0.15) is 4.31 Å². The van der Waals surface area contributed by atoms with Crippen molar-refractivity contribution in [1.29, 1.82) is 0 Å². The molecular formula is C22H27FN2O3S. The van der Waals surface area contributed by atoms with Gasteiger partial charge < -0.3 is 4.90 Å². The molecule has 0 aliphatic rings. The number of aryl methyl sites for hydroxylation is 1. The molecule has 2 aromatic carbocycles. The highest BCUT2D eigenvalue weighted by molar-refractivity contribution is 7.89. The van der Waals surface area contributed by atoms with Gasteiger partial charge in [-0.05, 0) is 30.7 Å². The first kappa shape index (κ1) is 22.8. The van der Waals surface area contributed by atoms with Crippen LogP contribution in [0, 0.1) is 12.7 Å². The third-order valence-corrected chi connectivity index (χ3v) is 6.78. The summed E-state index contributed by atoms with van der Waals surface area (Å²) in [6.45, 7) is 9.90. The highest BCUT2D eigenvalue weighted by Crippen LogP contribution is 2.22. The topological polar surface area (TPSA) is 57.7 Å². The van der Waals surface area contributed by atoms with Crippen LogP contribution in [0.3, 0.4) is 0 Å². The molecule has 29 heavy (non-hydrogen) atoms. The highest BCUT2D eigenvalue weighted by atomic mass is 32.2. The van der Waals surface area contributed by atoms with Crippen LogP contribution in [0.1, 0.15) is 35.3 Å². The van der Waals surface area contributed by atoms with E-state index in [1.165, 1.54) is 27.4 Å². The van der Waals surface area contributed by atoms with Crippen LogP contribution < -0.4 is 0 Å². The lowest BCUT2D eigenvalue weighted by molar-refractivity contribution is 0.0760. The second-order valence-corrected chi connectivity index (χ2v) is 8.57. The first-order valence-electron chi connectivity index (χ1n) is 9.50. The summed E-state index contributed by atoms with van der Waals surface area (Å²) in [6, 6.07) is 10.8. The summed E-state index contributed by atoms with van der Waals surface area (Å²) in [6.07, 6.45) is 1.56. The molecule has 0 atom stereocenters. The number of carbonyl (C=O) groups excluding carboxylic acids is 1. The third kappa shape index (κ3) is 5.10. The Morgan fingerprint density at radius 3 is 2.38 bits per heavy atom. The number of benzene rings is 2. The zero-order valence-electron chi connectivity index (χ0n) is 17.1. The van der Waals surface area contributed by atoms with E-state index in [1.54, 1.807) is 51.1 Å². The molecule has 5 nitrogen and oxygen atoms in total. The minimum atomic E-state index is -3.70. The molecule has 0 spiro atoms. The quantitative estimate of drug-likeness (QED) is 0.579. The summed E-state index contributed by atoms with van der Waals surface area (Å²) in [5, 5.41) is 0. The van der Waals surface area contributed by atoms with E-state index < -0.39 is 15.8 Å². The Morgan fingerprint density at radius 1 is 1.14 bits per heavy atom. The van der Waals surface area contributed by atoms with Crippen molar-refractivity contribution in [2.75, 3.05) is 19.6 Å². The Kier molecular flexibility index (Phi) is 7.70. The van der Waals surface area contributed by atoms with Gasteiger partial charge in [0.2, 0.25) is 10.0 Å². The van der Waals surface area contributed by atoms with Crippen molar-refractivity contribution >= 4 is 15.9 Å². The van der Waals surface area contributed by atoms with Crippen LogP contribution in [0.5, 0.6) is 0 Å². The smallest absolute Gasteiger partial charge is 0.254 e. The molecule has 0 aromatic heterocycles. The zero-order chi connectivity index (χ0) is 21.6. The number of hydrogen-bond donors (Lipinski definition) is 0. The summed E-state index contributed by atoms with van der Waals surface area (Å²) in [5.74, 6) is -0.772. The summed E-state index contributed by atoms with van der Waals surface area (Å²) in [5.41, 5.74) is 1.31. The van der Waals surface area contributed by atoms with Crippen LogP contribution >= 0.6 is 0 Å². The normalized spacial score (nSPS) is 11.5. The number of rotatable bonds is 9. The lowest BCUT2D eigenvalue weighted by atomic mass is 10.1. The number of halogens is 1. The van der Waals surface area contributed by atoms with E-state index in [4.69, 9.17) is 0 Å². The Labute approximate surface area is 172 Å². The summed E-state index contributed by atoms with van der Waals surface area (Å²) in [4.78, 5) is 14.7. The van der Waals surface area contributed by atoms with E-state index >= 15 is 0 Å². The van der Waals surface area contributed by atoms with Gasteiger partial charge >= 0.3 is 0 Å². The predicted octanol–water partition coefficient (Wildman–Crippen LogP) is 3.99. The molecule has 2 aromatic rings. The molecule has 2 rings (SSSR count). The minimum absolute atomic E-state index is 0.0595. The van der Waals surface area contributed by atoms with Gasteiger partial charge in [0, 0.05) is 37.3 Å². The molecule has 0 radical (unpaired) electrons. The fraction of sp³-hybridized carbons (Fsp3) is 0.318. The van der Waals surface area contributed by atoms with Crippen molar-refractivity contribution in [1.82, 2.24) is 9.21 Å². The van der Waals surface area contributed by atoms with Gasteiger partial charge in [-0.15, -0.1) is 6.58 Å². The molecule has 0 aliphatic carbocycles. The van der Waals surface area contributed by atoms with Crippen molar-refractivity contribution in [3.63, 3.8) is 0 Å². The number of sulfonamides is 1. The Morgan fingerprint density at radius 2 is 1.79 bits per heavy atom. The van der Waals surface area contributed by atoms with Crippen molar-refractivity contribution < 1.29 is 17.6 Å². The monoisotopic (exact) mass is 418 g/mol. The molecule has 0 N–H and O–H groups in total. The van der Waals surface area contributed by atoms with Crippen LogP contribution in [0.4, 0.5) is 4.39 Å². The Hall–Kier alpha value is -2.51. The van der Waals surface area contributed by atoms with E-state index in [2.05, 4.69) is 6.58 Å². The fourth-order valence-corrected chi connectivity index (χ4v) is 4.57. The van der Waals surface area contributed by atoms with Gasteiger partial charge in [-0.25, -0.2) is 12.8 Å². The molecule has 1 amide bonds.